The predicted molar refractivity (Wildman–Crippen MR) is 87.8 cm³/mol. The highest BCUT2D eigenvalue weighted by atomic mass is 32.1. The average molecular weight is 338 g/mol. The third-order valence-electron chi connectivity index (χ3n) is 4.20. The summed E-state index contributed by atoms with van der Waals surface area (Å²) in [7, 11) is 1.99. The topological polar surface area (TPSA) is 41.1 Å². The lowest BCUT2D eigenvalue weighted by Crippen LogP contribution is -2.29. The molecular weight excluding hydrogens is 318 g/mol. The van der Waals surface area contributed by atoms with E-state index in [4.69, 9.17) is 0 Å². The molecule has 1 aromatic heterocycles. The number of halogens is 2. The Morgan fingerprint density at radius 3 is 2.74 bits per heavy atom. The zero-order valence-electron chi connectivity index (χ0n) is 13.4. The first-order valence-corrected chi connectivity index (χ1v) is 8.48. The normalized spacial score (nSPS) is 22.0. The Kier molecular flexibility index (Phi) is 4.59. The molecule has 23 heavy (non-hydrogen) atoms. The second-order valence-corrected chi connectivity index (χ2v) is 7.00. The third-order valence-corrected chi connectivity index (χ3v) is 4.86. The molecule has 1 fully saturated rings. The molecule has 1 aromatic carbocycles. The van der Waals surface area contributed by atoms with Crippen molar-refractivity contribution in [2.75, 3.05) is 18.9 Å². The van der Waals surface area contributed by atoms with Crippen molar-refractivity contribution < 1.29 is 8.78 Å². The molecule has 2 heterocycles. The zero-order valence-corrected chi connectivity index (χ0v) is 14.2. The smallest absolute Gasteiger partial charge is 0.202 e. The van der Waals surface area contributed by atoms with Crippen molar-refractivity contribution in [1.29, 1.82) is 0 Å². The number of nitrogens with one attached hydrogen (secondary N) is 1. The first-order chi connectivity index (χ1) is 11.0. The number of benzene rings is 1. The second-order valence-electron chi connectivity index (χ2n) is 6.25. The van der Waals surface area contributed by atoms with Crippen LogP contribution in [0.5, 0.6) is 0 Å². The summed E-state index contributed by atoms with van der Waals surface area (Å²) in [4.78, 5) is 6.65. The van der Waals surface area contributed by atoms with Crippen LogP contribution in [-0.4, -0.2) is 33.9 Å². The number of rotatable bonds is 4. The van der Waals surface area contributed by atoms with E-state index in [0.29, 0.717) is 0 Å². The summed E-state index contributed by atoms with van der Waals surface area (Å²) in [6.45, 7) is 5.00. The van der Waals surface area contributed by atoms with Crippen LogP contribution in [0, 0.1) is 11.6 Å². The van der Waals surface area contributed by atoms with Crippen LogP contribution < -0.4 is 5.32 Å². The maximum absolute atomic E-state index is 13.6. The molecule has 1 aliphatic rings. The maximum atomic E-state index is 13.6. The van der Waals surface area contributed by atoms with E-state index in [1.807, 2.05) is 7.05 Å². The van der Waals surface area contributed by atoms with E-state index in [9.17, 15) is 8.78 Å². The summed E-state index contributed by atoms with van der Waals surface area (Å²) in [6.07, 6.45) is 0.913. The van der Waals surface area contributed by atoms with E-state index >= 15 is 0 Å². The molecule has 0 spiro atoms. The molecule has 0 aliphatic carbocycles. The van der Waals surface area contributed by atoms with Gasteiger partial charge in [0, 0.05) is 30.0 Å². The first-order valence-electron chi connectivity index (χ1n) is 7.71. The fourth-order valence-corrected chi connectivity index (χ4v) is 3.74. The largest absolute Gasteiger partial charge is 0.356 e. The van der Waals surface area contributed by atoms with Crippen LogP contribution in [0.25, 0.3) is 0 Å². The van der Waals surface area contributed by atoms with Gasteiger partial charge >= 0.3 is 0 Å². The van der Waals surface area contributed by atoms with Crippen molar-refractivity contribution in [2.24, 2.45) is 0 Å². The van der Waals surface area contributed by atoms with Gasteiger partial charge in [0.25, 0.3) is 0 Å². The van der Waals surface area contributed by atoms with Crippen LogP contribution in [0.3, 0.4) is 0 Å². The van der Waals surface area contributed by atoms with E-state index in [-0.39, 0.29) is 18.0 Å². The number of nitrogens with zero attached hydrogens (tertiary/aromatic N) is 3. The number of likely N-dealkylation sites (N-methyl/N-ethyl adjacent to an activating group) is 1. The number of likely N-dealkylation sites (tertiary alicyclic amines) is 1. The minimum Gasteiger partial charge on any atom is -0.356 e. The van der Waals surface area contributed by atoms with Crippen LogP contribution in [0.15, 0.2) is 18.2 Å². The fraction of sp³-hybridized carbons (Fsp3) is 0.500. The molecule has 0 saturated carbocycles. The Morgan fingerprint density at radius 2 is 2.09 bits per heavy atom. The van der Waals surface area contributed by atoms with Crippen molar-refractivity contribution in [3.63, 3.8) is 0 Å². The Hall–Kier alpha value is -1.60. The van der Waals surface area contributed by atoms with Gasteiger partial charge in [0.05, 0.1) is 6.04 Å². The van der Waals surface area contributed by atoms with E-state index in [0.717, 1.165) is 29.5 Å². The Bertz CT molecular complexity index is 688. The zero-order chi connectivity index (χ0) is 16.6. The van der Waals surface area contributed by atoms with Gasteiger partial charge in [-0.15, -0.1) is 0 Å². The van der Waals surface area contributed by atoms with Crippen molar-refractivity contribution in [1.82, 2.24) is 14.3 Å². The molecule has 4 nitrogen and oxygen atoms in total. The molecular formula is C16H20F2N4S. The lowest BCUT2D eigenvalue weighted by molar-refractivity contribution is 0.308. The van der Waals surface area contributed by atoms with Crippen LogP contribution >= 0.6 is 11.5 Å². The molecule has 124 valence electrons. The van der Waals surface area contributed by atoms with Gasteiger partial charge < -0.3 is 5.32 Å². The number of anilines is 1. The van der Waals surface area contributed by atoms with E-state index in [2.05, 4.69) is 33.4 Å². The van der Waals surface area contributed by atoms with Crippen LogP contribution in [0.4, 0.5) is 13.9 Å². The Balaban J connectivity index is 1.81. The average Bonchev–Trinajstić information content (AvgIpc) is 3.10. The number of hydrogen-bond donors (Lipinski definition) is 1. The molecule has 0 amide bonds. The lowest BCUT2D eigenvalue weighted by Gasteiger charge is -2.26. The predicted octanol–water partition coefficient (Wildman–Crippen LogP) is 3.80. The van der Waals surface area contributed by atoms with Gasteiger partial charge in [0.2, 0.25) is 5.13 Å². The van der Waals surface area contributed by atoms with Gasteiger partial charge in [-0.25, -0.2) is 13.8 Å². The highest BCUT2D eigenvalue weighted by molar-refractivity contribution is 7.09. The molecule has 1 aliphatic heterocycles. The standard InChI is InChI=1S/C16H20F2N4S/c1-9(2)15-20-16(23-21-15)19-13-6-7-22(3)14(13)10-4-5-11(17)12(18)8-10/h4-5,8-9,13-14H,6-7H2,1-3H3,(H,19,20,21). The number of hydrogen-bond acceptors (Lipinski definition) is 5. The molecule has 1 saturated heterocycles. The van der Waals surface area contributed by atoms with Crippen molar-refractivity contribution in [2.45, 2.75) is 38.3 Å². The molecule has 3 rings (SSSR count). The monoisotopic (exact) mass is 338 g/mol. The molecule has 2 unspecified atom stereocenters. The SMILES string of the molecule is CC(C)c1nsc(NC2CCN(C)C2c2ccc(F)c(F)c2)n1. The van der Waals surface area contributed by atoms with E-state index in [1.54, 1.807) is 6.07 Å². The van der Waals surface area contributed by atoms with E-state index in [1.165, 1.54) is 23.7 Å². The van der Waals surface area contributed by atoms with Crippen molar-refractivity contribution >= 4 is 16.7 Å². The summed E-state index contributed by atoms with van der Waals surface area (Å²) < 4.78 is 31.1. The Labute approximate surface area is 138 Å². The summed E-state index contributed by atoms with van der Waals surface area (Å²) in [5, 5.41) is 4.20. The molecule has 0 radical (unpaired) electrons. The van der Waals surface area contributed by atoms with Gasteiger partial charge in [-0.2, -0.15) is 4.37 Å². The minimum absolute atomic E-state index is 0.0171. The summed E-state index contributed by atoms with van der Waals surface area (Å²) in [5.41, 5.74) is 0.773. The second kappa shape index (κ2) is 6.49. The minimum atomic E-state index is -0.815. The fourth-order valence-electron chi connectivity index (χ4n) is 2.97. The molecule has 1 N–H and O–H groups in total. The van der Waals surface area contributed by atoms with Crippen LogP contribution in [-0.2, 0) is 0 Å². The summed E-state index contributed by atoms with van der Waals surface area (Å²) >= 11 is 1.34. The third kappa shape index (κ3) is 3.35. The van der Waals surface area contributed by atoms with Gasteiger partial charge in [-0.3, -0.25) is 4.90 Å². The highest BCUT2D eigenvalue weighted by Gasteiger charge is 2.34. The van der Waals surface area contributed by atoms with Gasteiger partial charge in [-0.1, -0.05) is 19.9 Å². The van der Waals surface area contributed by atoms with Crippen LogP contribution in [0.1, 0.15) is 43.6 Å². The van der Waals surface area contributed by atoms with E-state index < -0.39 is 11.6 Å². The van der Waals surface area contributed by atoms with Crippen molar-refractivity contribution in [3.8, 4) is 0 Å². The van der Waals surface area contributed by atoms with Gasteiger partial charge in [0.15, 0.2) is 11.6 Å². The molecule has 0 bridgehead atoms. The molecule has 7 heteroatoms. The number of aromatic nitrogens is 2. The van der Waals surface area contributed by atoms with Gasteiger partial charge in [0.1, 0.15) is 5.82 Å². The van der Waals surface area contributed by atoms with Gasteiger partial charge in [-0.05, 0) is 31.2 Å². The lowest BCUT2D eigenvalue weighted by atomic mass is 10.00. The summed E-state index contributed by atoms with van der Waals surface area (Å²) in [6, 6.07) is 4.21. The highest BCUT2D eigenvalue weighted by Crippen LogP contribution is 2.34. The quantitative estimate of drug-likeness (QED) is 0.921. The summed E-state index contributed by atoms with van der Waals surface area (Å²) in [5.74, 6) is -0.507. The maximum Gasteiger partial charge on any atom is 0.202 e. The molecule has 2 atom stereocenters. The van der Waals surface area contributed by atoms with Crippen LogP contribution in [0.2, 0.25) is 0 Å². The first kappa shape index (κ1) is 16.3. The molecule has 2 aromatic rings. The van der Waals surface area contributed by atoms with Crippen molar-refractivity contribution in [3.05, 3.63) is 41.2 Å². The Morgan fingerprint density at radius 1 is 1.30 bits per heavy atom.